The van der Waals surface area contributed by atoms with Crippen LogP contribution < -0.4 is 0 Å². The Bertz CT molecular complexity index is 316. The molecule has 1 aromatic rings. The molecule has 0 aromatic heterocycles. The quantitative estimate of drug-likeness (QED) is 0.809. The first-order chi connectivity index (χ1) is 7.13. The van der Waals surface area contributed by atoms with Crippen LogP contribution in [0.3, 0.4) is 0 Å². The summed E-state index contributed by atoms with van der Waals surface area (Å²) in [6.07, 6.45) is 1.22. The van der Waals surface area contributed by atoms with Crippen molar-refractivity contribution in [3.05, 3.63) is 35.4 Å². The van der Waals surface area contributed by atoms with Gasteiger partial charge in [-0.25, -0.2) is 4.79 Å². The number of carboxylic acids is 1. The zero-order chi connectivity index (χ0) is 11.3. The van der Waals surface area contributed by atoms with Crippen LogP contribution in [0, 0.1) is 0 Å². The lowest BCUT2D eigenvalue weighted by Crippen LogP contribution is -2.06. The van der Waals surface area contributed by atoms with Crippen LogP contribution in [0.1, 0.15) is 36.2 Å². The number of hydrogen-bond acceptors (Lipinski definition) is 2. The zero-order valence-corrected chi connectivity index (χ0v) is 9.06. The van der Waals surface area contributed by atoms with E-state index in [9.17, 15) is 4.79 Å². The number of hydrogen-bond donors (Lipinski definition) is 1. The van der Waals surface area contributed by atoms with Crippen LogP contribution in [0.4, 0.5) is 0 Å². The summed E-state index contributed by atoms with van der Waals surface area (Å²) in [4.78, 5) is 10.6. The number of rotatable bonds is 5. The molecule has 3 nitrogen and oxygen atoms in total. The summed E-state index contributed by atoms with van der Waals surface area (Å²) in [5.41, 5.74) is 1.31. The van der Waals surface area contributed by atoms with Crippen molar-refractivity contribution in [3.63, 3.8) is 0 Å². The summed E-state index contributed by atoms with van der Waals surface area (Å²) in [5, 5.41) is 8.70. The van der Waals surface area contributed by atoms with E-state index in [1.807, 2.05) is 6.92 Å². The Labute approximate surface area is 89.7 Å². The van der Waals surface area contributed by atoms with Crippen LogP contribution in [-0.2, 0) is 11.3 Å². The average Bonchev–Trinajstić information content (AvgIpc) is 2.26. The van der Waals surface area contributed by atoms with Crippen LogP contribution in [-0.4, -0.2) is 17.2 Å². The monoisotopic (exact) mass is 208 g/mol. The van der Waals surface area contributed by atoms with Crippen LogP contribution in [0.25, 0.3) is 0 Å². The van der Waals surface area contributed by atoms with Crippen molar-refractivity contribution in [2.75, 3.05) is 0 Å². The number of benzene rings is 1. The molecule has 0 aliphatic heterocycles. The SMILES string of the molecule is CC[C@H](C)OCc1ccc(C(=O)O)cc1. The smallest absolute Gasteiger partial charge is 0.335 e. The van der Waals surface area contributed by atoms with E-state index in [-0.39, 0.29) is 6.10 Å². The minimum absolute atomic E-state index is 0.240. The Morgan fingerprint density at radius 2 is 2.00 bits per heavy atom. The van der Waals surface area contributed by atoms with Crippen molar-refractivity contribution < 1.29 is 14.6 Å². The number of ether oxygens (including phenoxy) is 1. The van der Waals surface area contributed by atoms with E-state index in [1.54, 1.807) is 24.3 Å². The fourth-order valence-corrected chi connectivity index (χ4v) is 1.10. The van der Waals surface area contributed by atoms with E-state index >= 15 is 0 Å². The van der Waals surface area contributed by atoms with Crippen molar-refractivity contribution in [1.82, 2.24) is 0 Å². The standard InChI is InChI=1S/C12H16O3/c1-3-9(2)15-8-10-4-6-11(7-5-10)12(13)14/h4-7,9H,3,8H2,1-2H3,(H,13,14)/t9-/m0/s1. The molecule has 0 bridgehead atoms. The second-order valence-electron chi connectivity index (χ2n) is 3.53. The highest BCUT2D eigenvalue weighted by atomic mass is 16.5. The van der Waals surface area contributed by atoms with Gasteiger partial charge in [-0.2, -0.15) is 0 Å². The van der Waals surface area contributed by atoms with Crippen LogP contribution >= 0.6 is 0 Å². The van der Waals surface area contributed by atoms with E-state index in [4.69, 9.17) is 9.84 Å². The average molecular weight is 208 g/mol. The third kappa shape index (κ3) is 3.72. The van der Waals surface area contributed by atoms with Gasteiger partial charge in [-0.3, -0.25) is 0 Å². The van der Waals surface area contributed by atoms with E-state index < -0.39 is 5.97 Å². The van der Waals surface area contributed by atoms with Gasteiger partial charge in [0.1, 0.15) is 0 Å². The first kappa shape index (κ1) is 11.7. The molecule has 3 heteroatoms. The maximum absolute atomic E-state index is 10.6. The van der Waals surface area contributed by atoms with Gasteiger partial charge in [0.2, 0.25) is 0 Å². The molecule has 0 saturated heterocycles. The molecule has 82 valence electrons. The third-order valence-electron chi connectivity index (χ3n) is 2.31. The van der Waals surface area contributed by atoms with Gasteiger partial charge in [0.15, 0.2) is 0 Å². The van der Waals surface area contributed by atoms with Gasteiger partial charge in [0.05, 0.1) is 18.3 Å². The molecule has 1 rings (SSSR count). The topological polar surface area (TPSA) is 46.5 Å². The first-order valence-corrected chi connectivity index (χ1v) is 5.07. The van der Waals surface area contributed by atoms with Crippen molar-refractivity contribution in [2.24, 2.45) is 0 Å². The molecule has 15 heavy (non-hydrogen) atoms. The van der Waals surface area contributed by atoms with Crippen LogP contribution in [0.2, 0.25) is 0 Å². The second-order valence-corrected chi connectivity index (χ2v) is 3.53. The van der Waals surface area contributed by atoms with Gasteiger partial charge in [-0.1, -0.05) is 19.1 Å². The molecule has 0 fully saturated rings. The lowest BCUT2D eigenvalue weighted by molar-refractivity contribution is 0.0508. The highest BCUT2D eigenvalue weighted by Gasteiger charge is 2.03. The van der Waals surface area contributed by atoms with Gasteiger partial charge in [-0.15, -0.1) is 0 Å². The lowest BCUT2D eigenvalue weighted by Gasteiger charge is -2.10. The predicted molar refractivity (Wildman–Crippen MR) is 57.9 cm³/mol. The molecular formula is C12H16O3. The van der Waals surface area contributed by atoms with E-state index in [0.29, 0.717) is 12.2 Å². The minimum atomic E-state index is -0.899. The predicted octanol–water partition coefficient (Wildman–Crippen LogP) is 2.70. The number of aromatic carboxylic acids is 1. The molecule has 0 saturated carbocycles. The van der Waals surface area contributed by atoms with Crippen molar-refractivity contribution in [2.45, 2.75) is 33.0 Å². The summed E-state index contributed by atoms with van der Waals surface area (Å²) >= 11 is 0. The third-order valence-corrected chi connectivity index (χ3v) is 2.31. The maximum Gasteiger partial charge on any atom is 0.335 e. The molecule has 0 aliphatic rings. The molecule has 1 N–H and O–H groups in total. The summed E-state index contributed by atoms with van der Waals surface area (Å²) in [7, 11) is 0. The molecule has 0 heterocycles. The highest BCUT2D eigenvalue weighted by molar-refractivity contribution is 5.87. The molecule has 1 aromatic carbocycles. The Kier molecular flexibility index (Phi) is 4.31. The Hall–Kier alpha value is -1.35. The molecule has 0 spiro atoms. The Morgan fingerprint density at radius 3 is 2.47 bits per heavy atom. The molecule has 1 atom stereocenters. The zero-order valence-electron chi connectivity index (χ0n) is 9.06. The molecule has 0 amide bonds. The largest absolute Gasteiger partial charge is 0.478 e. The number of carbonyl (C=O) groups is 1. The van der Waals surface area contributed by atoms with Gasteiger partial charge in [0.25, 0.3) is 0 Å². The summed E-state index contributed by atoms with van der Waals surface area (Å²) in [6, 6.07) is 6.76. The van der Waals surface area contributed by atoms with Crippen molar-refractivity contribution in [1.29, 1.82) is 0 Å². The second kappa shape index (κ2) is 5.51. The van der Waals surface area contributed by atoms with Gasteiger partial charge in [0, 0.05) is 0 Å². The van der Waals surface area contributed by atoms with Crippen molar-refractivity contribution >= 4 is 5.97 Å². The van der Waals surface area contributed by atoms with E-state index in [2.05, 4.69) is 6.92 Å². The lowest BCUT2D eigenvalue weighted by atomic mass is 10.1. The molecule has 0 aliphatic carbocycles. The Morgan fingerprint density at radius 1 is 1.40 bits per heavy atom. The first-order valence-electron chi connectivity index (χ1n) is 5.07. The van der Waals surface area contributed by atoms with Crippen LogP contribution in [0.5, 0.6) is 0 Å². The fraction of sp³-hybridized carbons (Fsp3) is 0.417. The van der Waals surface area contributed by atoms with Gasteiger partial charge < -0.3 is 9.84 Å². The number of carboxylic acid groups (broad SMARTS) is 1. The summed E-state index contributed by atoms with van der Waals surface area (Å²) in [6.45, 7) is 4.62. The summed E-state index contributed by atoms with van der Waals surface area (Å²) in [5.74, 6) is -0.899. The van der Waals surface area contributed by atoms with Gasteiger partial charge in [-0.05, 0) is 31.0 Å². The maximum atomic E-state index is 10.6. The van der Waals surface area contributed by atoms with Gasteiger partial charge >= 0.3 is 5.97 Å². The molecule has 0 unspecified atom stereocenters. The normalized spacial score (nSPS) is 12.4. The fourth-order valence-electron chi connectivity index (χ4n) is 1.10. The van der Waals surface area contributed by atoms with E-state index in [0.717, 1.165) is 12.0 Å². The van der Waals surface area contributed by atoms with Crippen LogP contribution in [0.15, 0.2) is 24.3 Å². The summed E-state index contributed by atoms with van der Waals surface area (Å²) < 4.78 is 5.53. The molecule has 0 radical (unpaired) electrons. The van der Waals surface area contributed by atoms with E-state index in [1.165, 1.54) is 0 Å². The Balaban J connectivity index is 2.53. The molecular weight excluding hydrogens is 192 g/mol. The van der Waals surface area contributed by atoms with Crippen molar-refractivity contribution in [3.8, 4) is 0 Å². The highest BCUT2D eigenvalue weighted by Crippen LogP contribution is 2.08. The minimum Gasteiger partial charge on any atom is -0.478 e.